The van der Waals surface area contributed by atoms with Gasteiger partial charge in [0.15, 0.2) is 0 Å². The van der Waals surface area contributed by atoms with Gasteiger partial charge in [0.2, 0.25) is 11.8 Å². The lowest BCUT2D eigenvalue weighted by Gasteiger charge is -2.42. The van der Waals surface area contributed by atoms with Crippen molar-refractivity contribution in [1.29, 1.82) is 0 Å². The Morgan fingerprint density at radius 2 is 2.00 bits per heavy atom. The van der Waals surface area contributed by atoms with Crippen LogP contribution in [0.15, 0.2) is 18.5 Å². The minimum Gasteiger partial charge on any atom is -0.342 e. The maximum atomic E-state index is 12.7. The summed E-state index contributed by atoms with van der Waals surface area (Å²) in [7, 11) is 0. The molecular formula is C16H23N3O2. The van der Waals surface area contributed by atoms with E-state index in [1.807, 2.05) is 33.8 Å². The Bertz CT molecular complexity index is 563. The van der Waals surface area contributed by atoms with Gasteiger partial charge in [0.05, 0.1) is 0 Å². The van der Waals surface area contributed by atoms with Gasteiger partial charge in [-0.3, -0.25) is 14.6 Å². The molecule has 1 saturated heterocycles. The van der Waals surface area contributed by atoms with Crippen molar-refractivity contribution in [2.24, 2.45) is 5.41 Å². The topological polar surface area (TPSA) is 62.3 Å². The average Bonchev–Trinajstić information content (AvgIpc) is 2.39. The fourth-order valence-electron chi connectivity index (χ4n) is 2.49. The van der Waals surface area contributed by atoms with E-state index >= 15 is 0 Å². The molecule has 1 aromatic heterocycles. The molecule has 0 aliphatic carbocycles. The smallest absolute Gasteiger partial charge is 0.246 e. The molecule has 1 N–H and O–H groups in total. The number of carbonyl (C=O) groups excluding carboxylic acids is 2. The van der Waals surface area contributed by atoms with Crippen LogP contribution in [0.4, 0.5) is 0 Å². The molecule has 5 heteroatoms. The Hall–Kier alpha value is -1.91. The molecular weight excluding hydrogens is 266 g/mol. The van der Waals surface area contributed by atoms with Gasteiger partial charge in [-0.15, -0.1) is 0 Å². The lowest BCUT2D eigenvalue weighted by molar-refractivity contribution is -0.152. The zero-order valence-electron chi connectivity index (χ0n) is 13.3. The van der Waals surface area contributed by atoms with Gasteiger partial charge in [0.1, 0.15) is 12.1 Å². The summed E-state index contributed by atoms with van der Waals surface area (Å²) >= 11 is 0. The van der Waals surface area contributed by atoms with Crippen LogP contribution in [0.5, 0.6) is 0 Å². The molecule has 2 atom stereocenters. The molecule has 0 radical (unpaired) electrons. The standard InChI is InChI=1S/C16H23N3O2/c1-10-8-17-7-6-12(10)9-19-11(2)14(20)18-13(15(19)21)16(3,4)5/h6-8,11,13H,9H2,1-5H3,(H,18,20). The lowest BCUT2D eigenvalue weighted by Crippen LogP contribution is -2.65. The highest BCUT2D eigenvalue weighted by Gasteiger charge is 2.43. The second-order valence-corrected chi connectivity index (χ2v) is 6.75. The van der Waals surface area contributed by atoms with E-state index in [4.69, 9.17) is 0 Å². The number of aromatic nitrogens is 1. The second kappa shape index (κ2) is 5.47. The fourth-order valence-corrected chi connectivity index (χ4v) is 2.49. The first-order valence-corrected chi connectivity index (χ1v) is 7.22. The summed E-state index contributed by atoms with van der Waals surface area (Å²) in [6.45, 7) is 10.0. The van der Waals surface area contributed by atoms with E-state index in [1.165, 1.54) is 0 Å². The van der Waals surface area contributed by atoms with Crippen molar-refractivity contribution in [2.45, 2.75) is 53.2 Å². The van der Waals surface area contributed by atoms with Crippen molar-refractivity contribution in [3.63, 3.8) is 0 Å². The predicted molar refractivity (Wildman–Crippen MR) is 80.4 cm³/mol. The Morgan fingerprint density at radius 3 is 2.57 bits per heavy atom. The molecule has 1 aliphatic rings. The normalized spacial score (nSPS) is 23.2. The van der Waals surface area contributed by atoms with Crippen molar-refractivity contribution in [3.05, 3.63) is 29.6 Å². The zero-order chi connectivity index (χ0) is 15.8. The molecule has 21 heavy (non-hydrogen) atoms. The maximum absolute atomic E-state index is 12.7. The third kappa shape index (κ3) is 3.06. The van der Waals surface area contributed by atoms with Crippen LogP contribution >= 0.6 is 0 Å². The van der Waals surface area contributed by atoms with Gasteiger partial charge in [-0.25, -0.2) is 0 Å². The van der Waals surface area contributed by atoms with Gasteiger partial charge in [-0.1, -0.05) is 20.8 Å². The zero-order valence-corrected chi connectivity index (χ0v) is 13.3. The lowest BCUT2D eigenvalue weighted by atomic mass is 9.84. The first-order valence-electron chi connectivity index (χ1n) is 7.22. The van der Waals surface area contributed by atoms with Crippen LogP contribution in [0.25, 0.3) is 0 Å². The summed E-state index contributed by atoms with van der Waals surface area (Å²) in [5, 5.41) is 2.84. The molecule has 114 valence electrons. The van der Waals surface area contributed by atoms with Crippen molar-refractivity contribution < 1.29 is 9.59 Å². The van der Waals surface area contributed by atoms with E-state index in [9.17, 15) is 9.59 Å². The van der Waals surface area contributed by atoms with E-state index in [2.05, 4.69) is 10.3 Å². The average molecular weight is 289 g/mol. The molecule has 5 nitrogen and oxygen atoms in total. The first-order chi connectivity index (χ1) is 9.71. The first kappa shape index (κ1) is 15.5. The van der Waals surface area contributed by atoms with Crippen LogP contribution in [0, 0.1) is 12.3 Å². The third-order valence-corrected chi connectivity index (χ3v) is 4.01. The van der Waals surface area contributed by atoms with Gasteiger partial charge in [0.25, 0.3) is 0 Å². The van der Waals surface area contributed by atoms with Crippen molar-refractivity contribution >= 4 is 11.8 Å². The van der Waals surface area contributed by atoms with Crippen molar-refractivity contribution in [3.8, 4) is 0 Å². The van der Waals surface area contributed by atoms with Crippen molar-refractivity contribution in [1.82, 2.24) is 15.2 Å². The largest absolute Gasteiger partial charge is 0.342 e. The maximum Gasteiger partial charge on any atom is 0.246 e. The molecule has 0 saturated carbocycles. The van der Waals surface area contributed by atoms with Crippen LogP contribution in [0.2, 0.25) is 0 Å². The number of carbonyl (C=O) groups is 2. The van der Waals surface area contributed by atoms with Gasteiger partial charge >= 0.3 is 0 Å². The fraction of sp³-hybridized carbons (Fsp3) is 0.562. The summed E-state index contributed by atoms with van der Waals surface area (Å²) in [6, 6.07) is 0.959. The number of rotatable bonds is 2. The van der Waals surface area contributed by atoms with Gasteiger partial charge in [-0.2, -0.15) is 0 Å². The SMILES string of the molecule is Cc1cnccc1CN1C(=O)C(C(C)(C)C)NC(=O)C1C. The summed E-state index contributed by atoms with van der Waals surface area (Å²) < 4.78 is 0. The number of piperazine rings is 1. The Labute approximate surface area is 125 Å². The van der Waals surface area contributed by atoms with Crippen molar-refractivity contribution in [2.75, 3.05) is 0 Å². The summed E-state index contributed by atoms with van der Waals surface area (Å²) in [5.74, 6) is -0.118. The number of nitrogens with zero attached hydrogens (tertiary/aromatic N) is 2. The van der Waals surface area contributed by atoms with Gasteiger partial charge in [0, 0.05) is 18.9 Å². The van der Waals surface area contributed by atoms with Gasteiger partial charge < -0.3 is 10.2 Å². The number of pyridine rings is 1. The predicted octanol–water partition coefficient (Wildman–Crippen LogP) is 1.65. The summed E-state index contributed by atoms with van der Waals surface area (Å²) in [6.07, 6.45) is 3.48. The molecule has 2 rings (SSSR count). The molecule has 1 fully saturated rings. The summed E-state index contributed by atoms with van der Waals surface area (Å²) in [4.78, 5) is 30.6. The Balaban J connectivity index is 2.30. The number of hydrogen-bond acceptors (Lipinski definition) is 3. The molecule has 1 aliphatic heterocycles. The highest BCUT2D eigenvalue weighted by atomic mass is 16.2. The second-order valence-electron chi connectivity index (χ2n) is 6.75. The molecule has 0 aromatic carbocycles. The monoisotopic (exact) mass is 289 g/mol. The highest BCUT2D eigenvalue weighted by molar-refractivity contribution is 5.97. The molecule has 0 bridgehead atoms. The molecule has 2 amide bonds. The van der Waals surface area contributed by atoms with Crippen LogP contribution < -0.4 is 5.32 Å². The van der Waals surface area contributed by atoms with Crippen LogP contribution in [0.3, 0.4) is 0 Å². The quantitative estimate of drug-likeness (QED) is 0.900. The van der Waals surface area contributed by atoms with E-state index in [0.717, 1.165) is 11.1 Å². The van der Waals surface area contributed by atoms with Gasteiger partial charge in [-0.05, 0) is 36.5 Å². The van der Waals surface area contributed by atoms with Crippen LogP contribution in [-0.4, -0.2) is 33.8 Å². The highest BCUT2D eigenvalue weighted by Crippen LogP contribution is 2.26. The number of amides is 2. The Kier molecular flexibility index (Phi) is 4.03. The van der Waals surface area contributed by atoms with E-state index < -0.39 is 12.1 Å². The minimum atomic E-state index is -0.483. The van der Waals surface area contributed by atoms with E-state index in [0.29, 0.717) is 6.54 Å². The molecule has 1 aromatic rings. The molecule has 0 spiro atoms. The number of aryl methyl sites for hydroxylation is 1. The number of hydrogen-bond donors (Lipinski definition) is 1. The van der Waals surface area contributed by atoms with E-state index in [1.54, 1.807) is 24.2 Å². The Morgan fingerprint density at radius 1 is 1.33 bits per heavy atom. The summed E-state index contributed by atoms with van der Waals surface area (Å²) in [5.41, 5.74) is 1.74. The third-order valence-electron chi connectivity index (χ3n) is 4.01. The molecule has 2 heterocycles. The number of nitrogens with one attached hydrogen (secondary N) is 1. The minimum absolute atomic E-state index is 0.0224. The van der Waals surface area contributed by atoms with E-state index in [-0.39, 0.29) is 17.2 Å². The van der Waals surface area contributed by atoms with Crippen LogP contribution in [0.1, 0.15) is 38.8 Å². The molecule has 2 unspecified atom stereocenters. The van der Waals surface area contributed by atoms with Crippen LogP contribution in [-0.2, 0) is 16.1 Å².